The predicted octanol–water partition coefficient (Wildman–Crippen LogP) is 3.33. The first-order valence-electron chi connectivity index (χ1n) is 13.0. The number of hydrazone groups is 1. The Labute approximate surface area is 255 Å². The molecule has 0 aliphatic rings. The second-order valence-corrected chi connectivity index (χ2v) is 8.99. The van der Waals surface area contributed by atoms with Crippen molar-refractivity contribution in [3.63, 3.8) is 0 Å². The summed E-state index contributed by atoms with van der Waals surface area (Å²) in [4.78, 5) is 46.1. The van der Waals surface area contributed by atoms with E-state index in [1.165, 1.54) is 30.5 Å². The molecule has 0 bridgehead atoms. The maximum absolute atomic E-state index is 13.5. The first kappa shape index (κ1) is 35.8. The van der Waals surface area contributed by atoms with E-state index < -0.39 is 36.7 Å². The van der Waals surface area contributed by atoms with Crippen LogP contribution in [0.25, 0.3) is 0 Å². The number of ether oxygens (including phenoxy) is 3. The van der Waals surface area contributed by atoms with Gasteiger partial charge in [-0.25, -0.2) is 9.59 Å². The van der Waals surface area contributed by atoms with Crippen molar-refractivity contribution >= 4 is 29.8 Å². The minimum Gasteiger partial charge on any atom is -0.491 e. The average molecular weight is 634 g/mol. The quantitative estimate of drug-likeness (QED) is 0.0674. The van der Waals surface area contributed by atoms with Crippen LogP contribution in [-0.4, -0.2) is 79.2 Å². The van der Waals surface area contributed by atoms with Crippen LogP contribution in [0.3, 0.4) is 0 Å². The molecule has 0 radical (unpaired) electrons. The molecule has 3 aromatic rings. The number of hydrogen-bond donors (Lipinski definition) is 4. The number of alkyl halides is 3. The number of benzene rings is 3. The highest BCUT2D eigenvalue weighted by atomic mass is 19.4. The molecule has 0 unspecified atom stereocenters. The summed E-state index contributed by atoms with van der Waals surface area (Å²) >= 11 is 0. The van der Waals surface area contributed by atoms with Crippen molar-refractivity contribution in [3.05, 3.63) is 95.1 Å². The van der Waals surface area contributed by atoms with Gasteiger partial charge in [0.25, 0.3) is 5.91 Å². The summed E-state index contributed by atoms with van der Waals surface area (Å²) in [6.07, 6.45) is -3.39. The van der Waals surface area contributed by atoms with E-state index in [0.717, 1.165) is 11.1 Å². The molecule has 5 N–H and O–H groups in total. The molecule has 0 spiro atoms. The molecule has 0 aliphatic carbocycles. The third-order valence-corrected chi connectivity index (χ3v) is 5.68. The molecule has 1 atom stereocenters. The van der Waals surface area contributed by atoms with Crippen LogP contribution < -0.4 is 20.6 Å². The number of halogens is 3. The number of amides is 1. The van der Waals surface area contributed by atoms with E-state index in [2.05, 4.69) is 10.4 Å². The van der Waals surface area contributed by atoms with Crippen molar-refractivity contribution in [3.8, 4) is 11.5 Å². The first-order chi connectivity index (χ1) is 21.3. The van der Waals surface area contributed by atoms with Gasteiger partial charge in [-0.1, -0.05) is 24.3 Å². The molecular weight excluding hydrogens is 603 g/mol. The molecule has 12 nitrogen and oxygen atoms in total. The van der Waals surface area contributed by atoms with Gasteiger partial charge in [-0.05, 0) is 59.7 Å². The van der Waals surface area contributed by atoms with E-state index in [4.69, 9.17) is 35.1 Å². The summed E-state index contributed by atoms with van der Waals surface area (Å²) < 4.78 is 47.4. The van der Waals surface area contributed by atoms with Crippen molar-refractivity contribution in [1.82, 2.24) is 5.32 Å². The molecule has 240 valence electrons. The highest BCUT2D eigenvalue weighted by molar-refractivity contribution is 6.04. The summed E-state index contributed by atoms with van der Waals surface area (Å²) in [5.41, 5.74) is 2.26. The van der Waals surface area contributed by atoms with E-state index in [9.17, 15) is 27.6 Å². The SMILES string of the molecule is COCCOc1ccc(C[C@H](NC(=O)c2ccc(C=NN)cc2)C(=O)c2ccc(OCC(=O)O)cc2)cc1.O=C(O)C(F)(F)F. The summed E-state index contributed by atoms with van der Waals surface area (Å²) in [7, 11) is 1.59. The maximum Gasteiger partial charge on any atom is 0.490 e. The highest BCUT2D eigenvalue weighted by Gasteiger charge is 2.38. The van der Waals surface area contributed by atoms with Crippen molar-refractivity contribution in [2.75, 3.05) is 26.9 Å². The van der Waals surface area contributed by atoms with Gasteiger partial charge in [-0.2, -0.15) is 18.3 Å². The van der Waals surface area contributed by atoms with Crippen molar-refractivity contribution < 1.29 is 56.8 Å². The van der Waals surface area contributed by atoms with Gasteiger partial charge in [-0.15, -0.1) is 0 Å². The zero-order valence-corrected chi connectivity index (χ0v) is 23.8. The lowest BCUT2D eigenvalue weighted by Crippen LogP contribution is -2.42. The summed E-state index contributed by atoms with van der Waals surface area (Å²) in [5, 5.41) is 22.2. The zero-order chi connectivity index (χ0) is 33.4. The van der Waals surface area contributed by atoms with Gasteiger partial charge in [0, 0.05) is 24.7 Å². The minimum atomic E-state index is -5.08. The van der Waals surface area contributed by atoms with Gasteiger partial charge in [0.15, 0.2) is 12.4 Å². The molecule has 0 aromatic heterocycles. The number of ketones is 1. The van der Waals surface area contributed by atoms with Crippen LogP contribution in [0.1, 0.15) is 31.8 Å². The summed E-state index contributed by atoms with van der Waals surface area (Å²) in [5.74, 6) is 1.56. The lowest BCUT2D eigenvalue weighted by Gasteiger charge is -2.19. The van der Waals surface area contributed by atoms with Crippen molar-refractivity contribution in [2.24, 2.45) is 10.9 Å². The zero-order valence-electron chi connectivity index (χ0n) is 23.8. The van der Waals surface area contributed by atoms with Crippen LogP contribution in [0, 0.1) is 0 Å². The number of carboxylic acids is 2. The van der Waals surface area contributed by atoms with E-state index >= 15 is 0 Å². The van der Waals surface area contributed by atoms with E-state index in [0.29, 0.717) is 35.8 Å². The Kier molecular flexibility index (Phi) is 14.0. The predicted molar refractivity (Wildman–Crippen MR) is 155 cm³/mol. The monoisotopic (exact) mass is 633 g/mol. The summed E-state index contributed by atoms with van der Waals surface area (Å²) in [6, 6.07) is 19.1. The molecule has 0 saturated carbocycles. The lowest BCUT2D eigenvalue weighted by molar-refractivity contribution is -0.192. The number of Topliss-reactive ketones (excluding diaryl/α,β-unsaturated/α-hetero) is 1. The Morgan fingerprint density at radius 1 is 0.867 bits per heavy atom. The average Bonchev–Trinajstić information content (AvgIpc) is 3.01. The maximum atomic E-state index is 13.5. The van der Waals surface area contributed by atoms with Crippen LogP contribution in [0.2, 0.25) is 0 Å². The minimum absolute atomic E-state index is 0.234. The Hall–Kier alpha value is -5.44. The number of aliphatic carboxylic acids is 2. The highest BCUT2D eigenvalue weighted by Crippen LogP contribution is 2.18. The van der Waals surface area contributed by atoms with E-state index in [-0.39, 0.29) is 12.2 Å². The molecular formula is C30H30F3N3O9. The van der Waals surface area contributed by atoms with Crippen molar-refractivity contribution in [1.29, 1.82) is 0 Å². The van der Waals surface area contributed by atoms with Crippen LogP contribution in [-0.2, 0) is 20.7 Å². The normalized spacial score (nSPS) is 11.6. The molecule has 3 rings (SSSR count). The largest absolute Gasteiger partial charge is 0.491 e. The number of nitrogens with zero attached hydrogens (tertiary/aromatic N) is 1. The Morgan fingerprint density at radius 3 is 1.91 bits per heavy atom. The van der Waals surface area contributed by atoms with E-state index in [1.54, 1.807) is 43.5 Å². The fraction of sp³-hybridized carbons (Fsp3) is 0.233. The molecule has 3 aromatic carbocycles. The van der Waals surface area contributed by atoms with Gasteiger partial charge in [0.05, 0.1) is 18.9 Å². The van der Waals surface area contributed by atoms with Crippen LogP contribution in [0.5, 0.6) is 11.5 Å². The molecule has 0 fully saturated rings. The number of nitrogens with one attached hydrogen (secondary N) is 1. The van der Waals surface area contributed by atoms with Gasteiger partial charge in [-0.3, -0.25) is 9.59 Å². The number of hydrogen-bond acceptors (Lipinski definition) is 9. The smallest absolute Gasteiger partial charge is 0.490 e. The van der Waals surface area contributed by atoms with Gasteiger partial charge < -0.3 is 35.6 Å². The van der Waals surface area contributed by atoms with Crippen molar-refractivity contribution in [2.45, 2.75) is 18.6 Å². The number of carbonyl (C=O) groups excluding carboxylic acids is 2. The Morgan fingerprint density at radius 2 is 1.40 bits per heavy atom. The standard InChI is InChI=1S/C28H29N3O7.C2HF3O2/c1-36-14-15-37-23-10-4-19(5-11-23)16-25(31-28(35)22-6-2-20(3-7-22)17-30-29)27(34)21-8-12-24(13-9-21)38-18-26(32)33;3-2(4,5)1(6)7/h2-13,17,25H,14-16,18,29H2,1H3,(H,31,35)(H,32,33);(H,6,7)/t25-;/m0./s1. The Bertz CT molecular complexity index is 1440. The fourth-order valence-corrected chi connectivity index (χ4v) is 3.52. The number of rotatable bonds is 14. The number of nitrogens with two attached hydrogens (primary N) is 1. The van der Waals surface area contributed by atoms with Gasteiger partial charge >= 0.3 is 18.1 Å². The second kappa shape index (κ2) is 17.6. The lowest BCUT2D eigenvalue weighted by atomic mass is 9.97. The Balaban J connectivity index is 0.000000900. The second-order valence-electron chi connectivity index (χ2n) is 8.99. The number of methoxy groups -OCH3 is 1. The van der Waals surface area contributed by atoms with Crippen LogP contribution in [0.4, 0.5) is 13.2 Å². The molecule has 0 aliphatic heterocycles. The third-order valence-electron chi connectivity index (χ3n) is 5.68. The number of carboxylic acid groups (broad SMARTS) is 2. The number of carbonyl (C=O) groups is 4. The van der Waals surface area contributed by atoms with Gasteiger partial charge in [0.1, 0.15) is 18.1 Å². The molecule has 0 heterocycles. The van der Waals surface area contributed by atoms with Crippen LogP contribution >= 0.6 is 0 Å². The van der Waals surface area contributed by atoms with Crippen LogP contribution in [0.15, 0.2) is 77.9 Å². The molecule has 1 amide bonds. The van der Waals surface area contributed by atoms with Gasteiger partial charge in [0.2, 0.25) is 0 Å². The topological polar surface area (TPSA) is 187 Å². The molecule has 0 saturated heterocycles. The third kappa shape index (κ3) is 12.8. The molecule has 45 heavy (non-hydrogen) atoms. The first-order valence-corrected chi connectivity index (χ1v) is 13.0. The van der Waals surface area contributed by atoms with E-state index in [1.807, 2.05) is 12.1 Å². The fourth-order valence-electron chi connectivity index (χ4n) is 3.52. The summed E-state index contributed by atoms with van der Waals surface area (Å²) in [6.45, 7) is 0.382. The molecule has 15 heteroatoms.